The Bertz CT molecular complexity index is 368. The molecular weight excluding hydrogens is 231 g/mol. The third kappa shape index (κ3) is 3.73. The molecule has 0 aliphatic heterocycles. The van der Waals surface area contributed by atoms with Crippen molar-refractivity contribution in [2.45, 2.75) is 38.5 Å². The normalized spacial score (nSPS) is 18.4. The third-order valence-electron chi connectivity index (χ3n) is 2.79. The van der Waals surface area contributed by atoms with E-state index in [1.54, 1.807) is 0 Å². The molecular formula is C11H16F3N3. The van der Waals surface area contributed by atoms with Gasteiger partial charge >= 0.3 is 6.18 Å². The van der Waals surface area contributed by atoms with E-state index >= 15 is 0 Å². The second-order valence-electron chi connectivity index (χ2n) is 4.74. The molecule has 3 nitrogen and oxygen atoms in total. The van der Waals surface area contributed by atoms with Crippen molar-refractivity contribution in [3.8, 4) is 0 Å². The molecule has 1 saturated carbocycles. The van der Waals surface area contributed by atoms with Crippen molar-refractivity contribution < 1.29 is 13.2 Å². The molecule has 0 spiro atoms. The molecule has 1 aromatic rings. The van der Waals surface area contributed by atoms with Gasteiger partial charge in [0.1, 0.15) is 0 Å². The first-order valence-corrected chi connectivity index (χ1v) is 5.78. The molecule has 0 saturated heterocycles. The Labute approximate surface area is 98.0 Å². The summed E-state index contributed by atoms with van der Waals surface area (Å²) in [4.78, 5) is 0. The number of nitrogens with zero attached hydrogens (tertiary/aromatic N) is 2. The number of aromatic nitrogens is 2. The predicted octanol–water partition coefficient (Wildman–Crippen LogP) is 2.29. The molecule has 1 aromatic heterocycles. The fourth-order valence-corrected chi connectivity index (χ4v) is 1.65. The molecule has 96 valence electrons. The molecule has 1 heterocycles. The van der Waals surface area contributed by atoms with E-state index in [1.165, 1.54) is 17.5 Å². The standard InChI is InChI=1S/C11H16F3N3/c1-8(4-15-10-2-3-10)6-17-7-9(5-16-17)11(12,13)14/h5,7-8,10,15H,2-4,6H2,1H3. The summed E-state index contributed by atoms with van der Waals surface area (Å²) < 4.78 is 38.4. The van der Waals surface area contributed by atoms with Gasteiger partial charge in [-0.15, -0.1) is 0 Å². The summed E-state index contributed by atoms with van der Waals surface area (Å²) in [5.41, 5.74) is -0.681. The van der Waals surface area contributed by atoms with Gasteiger partial charge in [0.15, 0.2) is 0 Å². The zero-order valence-electron chi connectivity index (χ0n) is 9.67. The van der Waals surface area contributed by atoms with Crippen LogP contribution in [0.15, 0.2) is 12.4 Å². The summed E-state index contributed by atoms with van der Waals surface area (Å²) in [6.07, 6.45) is 0.0713. The van der Waals surface area contributed by atoms with Crippen molar-refractivity contribution in [2.24, 2.45) is 5.92 Å². The molecule has 17 heavy (non-hydrogen) atoms. The van der Waals surface area contributed by atoms with Gasteiger partial charge in [-0.05, 0) is 25.3 Å². The maximum atomic E-state index is 12.3. The number of halogens is 3. The summed E-state index contributed by atoms with van der Waals surface area (Å²) in [6.45, 7) is 3.34. The fourth-order valence-electron chi connectivity index (χ4n) is 1.65. The SMILES string of the molecule is CC(CNC1CC1)Cn1cc(C(F)(F)F)cn1. The van der Waals surface area contributed by atoms with E-state index in [0.717, 1.165) is 18.9 Å². The van der Waals surface area contributed by atoms with Crippen LogP contribution in [0.4, 0.5) is 13.2 Å². The third-order valence-corrected chi connectivity index (χ3v) is 2.79. The lowest BCUT2D eigenvalue weighted by Crippen LogP contribution is -2.25. The summed E-state index contributed by atoms with van der Waals surface area (Å²) in [5, 5.41) is 7.08. The second-order valence-corrected chi connectivity index (χ2v) is 4.74. The number of hydrogen-bond acceptors (Lipinski definition) is 2. The van der Waals surface area contributed by atoms with E-state index < -0.39 is 11.7 Å². The lowest BCUT2D eigenvalue weighted by Gasteiger charge is -2.12. The largest absolute Gasteiger partial charge is 0.419 e. The molecule has 0 aromatic carbocycles. The monoisotopic (exact) mass is 247 g/mol. The van der Waals surface area contributed by atoms with Crippen LogP contribution in [0.1, 0.15) is 25.3 Å². The Kier molecular flexibility index (Phi) is 3.42. The molecule has 2 rings (SSSR count). The van der Waals surface area contributed by atoms with Crippen LogP contribution in [0, 0.1) is 5.92 Å². The maximum absolute atomic E-state index is 12.3. The van der Waals surface area contributed by atoms with Crippen molar-refractivity contribution >= 4 is 0 Å². The molecule has 0 radical (unpaired) electrons. The van der Waals surface area contributed by atoms with Crippen LogP contribution >= 0.6 is 0 Å². The first-order chi connectivity index (χ1) is 7.95. The van der Waals surface area contributed by atoms with Gasteiger partial charge in [0.05, 0.1) is 11.8 Å². The van der Waals surface area contributed by atoms with Gasteiger partial charge < -0.3 is 5.32 Å². The molecule has 0 amide bonds. The van der Waals surface area contributed by atoms with E-state index in [-0.39, 0.29) is 5.92 Å². The molecule has 6 heteroatoms. The molecule has 1 N–H and O–H groups in total. The van der Waals surface area contributed by atoms with Crippen LogP contribution < -0.4 is 5.32 Å². The van der Waals surface area contributed by atoms with Crippen molar-refractivity contribution in [1.29, 1.82) is 0 Å². The van der Waals surface area contributed by atoms with Gasteiger partial charge in [-0.25, -0.2) is 0 Å². The lowest BCUT2D eigenvalue weighted by atomic mass is 10.2. The topological polar surface area (TPSA) is 29.9 Å². The quantitative estimate of drug-likeness (QED) is 0.865. The van der Waals surface area contributed by atoms with Crippen LogP contribution in [0.3, 0.4) is 0 Å². The smallest absolute Gasteiger partial charge is 0.314 e. The number of rotatable bonds is 5. The van der Waals surface area contributed by atoms with Crippen LogP contribution in [0.2, 0.25) is 0 Å². The molecule has 1 aliphatic carbocycles. The van der Waals surface area contributed by atoms with Crippen molar-refractivity contribution in [2.75, 3.05) is 6.54 Å². The molecule has 1 aliphatic rings. The minimum absolute atomic E-state index is 0.275. The fraction of sp³-hybridized carbons (Fsp3) is 0.727. The summed E-state index contributed by atoms with van der Waals surface area (Å²) >= 11 is 0. The van der Waals surface area contributed by atoms with Gasteiger partial charge in [0, 0.05) is 18.8 Å². The van der Waals surface area contributed by atoms with Gasteiger partial charge in [-0.1, -0.05) is 6.92 Å². The average Bonchev–Trinajstić information content (AvgIpc) is 2.93. The second kappa shape index (κ2) is 4.68. The average molecular weight is 247 g/mol. The van der Waals surface area contributed by atoms with Crippen LogP contribution in [0.5, 0.6) is 0 Å². The summed E-state index contributed by atoms with van der Waals surface area (Å²) in [7, 11) is 0. The Morgan fingerprint density at radius 3 is 2.76 bits per heavy atom. The van der Waals surface area contributed by atoms with Crippen LogP contribution in [0.25, 0.3) is 0 Å². The number of alkyl halides is 3. The Balaban J connectivity index is 1.82. The zero-order chi connectivity index (χ0) is 12.5. The molecule has 1 atom stereocenters. The van der Waals surface area contributed by atoms with Gasteiger partial charge in [0.2, 0.25) is 0 Å². The van der Waals surface area contributed by atoms with Gasteiger partial charge in [0.25, 0.3) is 0 Å². The maximum Gasteiger partial charge on any atom is 0.419 e. The molecule has 0 bridgehead atoms. The minimum atomic E-state index is -4.30. The van der Waals surface area contributed by atoms with E-state index in [2.05, 4.69) is 10.4 Å². The first kappa shape index (κ1) is 12.4. The number of nitrogens with one attached hydrogen (secondary N) is 1. The first-order valence-electron chi connectivity index (χ1n) is 5.78. The van der Waals surface area contributed by atoms with Crippen LogP contribution in [-0.2, 0) is 12.7 Å². The van der Waals surface area contributed by atoms with Crippen molar-refractivity contribution in [3.05, 3.63) is 18.0 Å². The van der Waals surface area contributed by atoms with Crippen molar-refractivity contribution in [3.63, 3.8) is 0 Å². The summed E-state index contributed by atoms with van der Waals surface area (Å²) in [6, 6.07) is 0.626. The van der Waals surface area contributed by atoms with Gasteiger partial charge in [-0.2, -0.15) is 18.3 Å². The number of hydrogen-bond donors (Lipinski definition) is 1. The van der Waals surface area contributed by atoms with Gasteiger partial charge in [-0.3, -0.25) is 4.68 Å². The highest BCUT2D eigenvalue weighted by Crippen LogP contribution is 2.28. The van der Waals surface area contributed by atoms with Crippen molar-refractivity contribution in [1.82, 2.24) is 15.1 Å². The van der Waals surface area contributed by atoms with Crippen LogP contribution in [-0.4, -0.2) is 22.4 Å². The van der Waals surface area contributed by atoms with E-state index in [4.69, 9.17) is 0 Å². The molecule has 1 fully saturated rings. The molecule has 1 unspecified atom stereocenters. The zero-order valence-corrected chi connectivity index (χ0v) is 9.67. The van der Waals surface area contributed by atoms with E-state index in [9.17, 15) is 13.2 Å². The Hall–Kier alpha value is -1.04. The van der Waals surface area contributed by atoms with E-state index in [1.807, 2.05) is 6.92 Å². The predicted molar refractivity (Wildman–Crippen MR) is 57.4 cm³/mol. The summed E-state index contributed by atoms with van der Waals surface area (Å²) in [5.74, 6) is 0.275. The lowest BCUT2D eigenvalue weighted by molar-refractivity contribution is -0.137. The highest BCUT2D eigenvalue weighted by molar-refractivity contribution is 5.08. The minimum Gasteiger partial charge on any atom is -0.314 e. The highest BCUT2D eigenvalue weighted by atomic mass is 19.4. The Morgan fingerprint density at radius 2 is 2.24 bits per heavy atom. The Morgan fingerprint density at radius 1 is 1.53 bits per heavy atom. The van der Waals surface area contributed by atoms with E-state index in [0.29, 0.717) is 12.6 Å². The highest BCUT2D eigenvalue weighted by Gasteiger charge is 2.32.